The molecule has 100 valence electrons. The number of phenolic OH excluding ortho intramolecular Hbond substituents is 2. The summed E-state index contributed by atoms with van der Waals surface area (Å²) in [5, 5.41) is 19.0. The number of rotatable bonds is 3. The van der Waals surface area contributed by atoms with Crippen LogP contribution in [0.2, 0.25) is 0 Å². The van der Waals surface area contributed by atoms with Gasteiger partial charge in [0.2, 0.25) is 5.95 Å². The third-order valence-electron chi connectivity index (χ3n) is 2.23. The predicted molar refractivity (Wildman–Crippen MR) is 67.0 cm³/mol. The second-order valence-electron chi connectivity index (χ2n) is 3.53. The fourth-order valence-corrected chi connectivity index (χ4v) is 2.37. The highest BCUT2D eigenvalue weighted by Gasteiger charge is 2.23. The number of hydrogen-bond donors (Lipinski definition) is 4. The molecule has 2 aromatic rings. The lowest BCUT2D eigenvalue weighted by molar-refractivity contribution is 0.395. The number of sulfonamides is 1. The van der Waals surface area contributed by atoms with Gasteiger partial charge in [-0.1, -0.05) is 0 Å². The Morgan fingerprint density at radius 2 is 1.74 bits per heavy atom. The summed E-state index contributed by atoms with van der Waals surface area (Å²) in [6, 6.07) is 3.75. The lowest BCUT2D eigenvalue weighted by Crippen LogP contribution is -2.15. The number of aromatic nitrogens is 2. The number of nitrogens with two attached hydrogens (primary N) is 1. The zero-order valence-electron chi connectivity index (χ0n) is 9.48. The molecule has 0 spiro atoms. The van der Waals surface area contributed by atoms with Gasteiger partial charge in [0.25, 0.3) is 10.0 Å². The van der Waals surface area contributed by atoms with Crippen molar-refractivity contribution in [2.45, 2.75) is 4.90 Å². The van der Waals surface area contributed by atoms with E-state index in [0.717, 1.165) is 12.1 Å². The van der Waals surface area contributed by atoms with Gasteiger partial charge in [-0.05, 0) is 18.2 Å². The SMILES string of the molecule is Nc1ccc(S(=O)(=O)Nc2ncccn2)c(O)c1O. The van der Waals surface area contributed by atoms with Gasteiger partial charge in [0.15, 0.2) is 11.5 Å². The Hall–Kier alpha value is -2.55. The molecule has 0 unspecified atom stereocenters. The third-order valence-corrected chi connectivity index (χ3v) is 3.59. The van der Waals surface area contributed by atoms with Crippen molar-refractivity contribution < 1.29 is 18.6 Å². The van der Waals surface area contributed by atoms with Crippen LogP contribution in [0.5, 0.6) is 11.5 Å². The first-order chi connectivity index (χ1) is 8.92. The van der Waals surface area contributed by atoms with Crippen LogP contribution in [0.25, 0.3) is 0 Å². The molecule has 0 fully saturated rings. The molecule has 0 aliphatic heterocycles. The highest BCUT2D eigenvalue weighted by Crippen LogP contribution is 2.37. The van der Waals surface area contributed by atoms with Crippen molar-refractivity contribution >= 4 is 21.7 Å². The highest BCUT2D eigenvalue weighted by atomic mass is 32.2. The van der Waals surface area contributed by atoms with Crippen LogP contribution in [-0.2, 0) is 10.0 Å². The van der Waals surface area contributed by atoms with Crippen LogP contribution in [0.1, 0.15) is 0 Å². The van der Waals surface area contributed by atoms with E-state index in [0.29, 0.717) is 0 Å². The highest BCUT2D eigenvalue weighted by molar-refractivity contribution is 7.92. The summed E-state index contributed by atoms with van der Waals surface area (Å²) in [6.07, 6.45) is 2.70. The van der Waals surface area contributed by atoms with Crippen LogP contribution >= 0.6 is 0 Å². The third kappa shape index (κ3) is 2.50. The molecule has 1 heterocycles. The van der Waals surface area contributed by atoms with Gasteiger partial charge in [-0.15, -0.1) is 0 Å². The minimum atomic E-state index is -4.12. The average molecular weight is 282 g/mol. The van der Waals surface area contributed by atoms with Crippen LogP contribution in [0.4, 0.5) is 11.6 Å². The maximum atomic E-state index is 12.0. The largest absolute Gasteiger partial charge is 0.503 e. The molecule has 19 heavy (non-hydrogen) atoms. The molecule has 5 N–H and O–H groups in total. The van der Waals surface area contributed by atoms with Crippen molar-refractivity contribution in [2.75, 3.05) is 10.5 Å². The smallest absolute Gasteiger partial charge is 0.268 e. The van der Waals surface area contributed by atoms with Gasteiger partial charge < -0.3 is 15.9 Å². The van der Waals surface area contributed by atoms with Crippen LogP contribution in [0, 0.1) is 0 Å². The normalized spacial score (nSPS) is 11.2. The predicted octanol–water partition coefficient (Wildman–Crippen LogP) is 0.271. The summed E-state index contributed by atoms with van der Waals surface area (Å²) in [5.41, 5.74) is 5.20. The Bertz CT molecular complexity index is 703. The van der Waals surface area contributed by atoms with E-state index in [1.165, 1.54) is 18.5 Å². The van der Waals surface area contributed by atoms with Crippen molar-refractivity contribution in [3.63, 3.8) is 0 Å². The number of nitrogen functional groups attached to an aromatic ring is 1. The van der Waals surface area contributed by atoms with Gasteiger partial charge in [-0.2, -0.15) is 0 Å². The van der Waals surface area contributed by atoms with E-state index in [1.54, 1.807) is 0 Å². The van der Waals surface area contributed by atoms with Crippen molar-refractivity contribution in [3.8, 4) is 11.5 Å². The molecule has 2 rings (SSSR count). The number of nitrogens with zero attached hydrogens (tertiary/aromatic N) is 2. The molecule has 0 saturated carbocycles. The average Bonchev–Trinajstić information content (AvgIpc) is 2.36. The molecule has 9 heteroatoms. The van der Waals surface area contributed by atoms with Crippen molar-refractivity contribution in [3.05, 3.63) is 30.6 Å². The molecule has 0 aliphatic carbocycles. The molecule has 0 saturated heterocycles. The van der Waals surface area contributed by atoms with Crippen LogP contribution in [0.15, 0.2) is 35.5 Å². The lowest BCUT2D eigenvalue weighted by atomic mass is 10.3. The van der Waals surface area contributed by atoms with E-state index in [2.05, 4.69) is 14.7 Å². The van der Waals surface area contributed by atoms with E-state index in [9.17, 15) is 18.6 Å². The van der Waals surface area contributed by atoms with Gasteiger partial charge in [-0.3, -0.25) is 0 Å². The number of hydrogen-bond acceptors (Lipinski definition) is 7. The van der Waals surface area contributed by atoms with Gasteiger partial charge in [0.1, 0.15) is 4.90 Å². The maximum Gasteiger partial charge on any atom is 0.268 e. The molecule has 0 amide bonds. The van der Waals surface area contributed by atoms with E-state index in [4.69, 9.17) is 5.73 Å². The summed E-state index contributed by atoms with van der Waals surface area (Å²) in [5.74, 6) is -1.68. The molecule has 0 radical (unpaired) electrons. The Balaban J connectivity index is 2.44. The van der Waals surface area contributed by atoms with E-state index < -0.39 is 26.4 Å². The number of anilines is 2. The minimum Gasteiger partial charge on any atom is -0.503 e. The van der Waals surface area contributed by atoms with Crippen LogP contribution in [-0.4, -0.2) is 28.6 Å². The molecular weight excluding hydrogens is 272 g/mol. The second-order valence-corrected chi connectivity index (χ2v) is 5.18. The quantitative estimate of drug-likeness (QED) is 0.468. The number of nitrogens with one attached hydrogen (secondary N) is 1. The fourth-order valence-electron chi connectivity index (χ4n) is 1.32. The lowest BCUT2D eigenvalue weighted by Gasteiger charge is -2.09. The number of benzene rings is 1. The zero-order chi connectivity index (χ0) is 14.0. The van der Waals surface area contributed by atoms with Crippen LogP contribution < -0.4 is 10.5 Å². The fraction of sp³-hybridized carbons (Fsp3) is 0. The Morgan fingerprint density at radius 1 is 1.11 bits per heavy atom. The topological polar surface area (TPSA) is 138 Å². The molecule has 0 atom stereocenters. The zero-order valence-corrected chi connectivity index (χ0v) is 10.3. The van der Waals surface area contributed by atoms with Gasteiger partial charge >= 0.3 is 0 Å². The summed E-state index contributed by atoms with van der Waals surface area (Å²) < 4.78 is 26.0. The van der Waals surface area contributed by atoms with Gasteiger partial charge in [0.05, 0.1) is 5.69 Å². The molecule has 0 aliphatic rings. The molecular formula is C10H10N4O4S. The summed E-state index contributed by atoms with van der Waals surface area (Å²) in [4.78, 5) is 6.86. The maximum absolute atomic E-state index is 12.0. The minimum absolute atomic E-state index is 0.132. The van der Waals surface area contributed by atoms with Crippen molar-refractivity contribution in [2.24, 2.45) is 0 Å². The summed E-state index contributed by atoms with van der Waals surface area (Å²) in [6.45, 7) is 0. The first kappa shape index (κ1) is 12.9. The number of phenols is 2. The van der Waals surface area contributed by atoms with E-state index >= 15 is 0 Å². The standard InChI is InChI=1S/C10H10N4O4S/c11-6-2-3-7(9(16)8(6)15)19(17,18)14-10-12-4-1-5-13-10/h1-5,15-16H,11H2,(H,12,13,14). The van der Waals surface area contributed by atoms with E-state index in [1.807, 2.05) is 0 Å². The molecule has 1 aromatic carbocycles. The Labute approximate surface area is 108 Å². The molecule has 8 nitrogen and oxygen atoms in total. The summed E-state index contributed by atoms with van der Waals surface area (Å²) in [7, 11) is -4.12. The van der Waals surface area contributed by atoms with Gasteiger partial charge in [-0.25, -0.2) is 23.1 Å². The summed E-state index contributed by atoms with van der Waals surface area (Å²) >= 11 is 0. The Kier molecular flexibility index (Phi) is 3.13. The Morgan fingerprint density at radius 3 is 2.37 bits per heavy atom. The first-order valence-corrected chi connectivity index (χ1v) is 6.50. The van der Waals surface area contributed by atoms with Crippen molar-refractivity contribution in [1.29, 1.82) is 0 Å². The van der Waals surface area contributed by atoms with Gasteiger partial charge in [0, 0.05) is 12.4 Å². The monoisotopic (exact) mass is 282 g/mol. The van der Waals surface area contributed by atoms with E-state index in [-0.39, 0.29) is 11.6 Å². The van der Waals surface area contributed by atoms with Crippen LogP contribution in [0.3, 0.4) is 0 Å². The molecule has 0 bridgehead atoms. The first-order valence-electron chi connectivity index (χ1n) is 5.02. The van der Waals surface area contributed by atoms with Crippen molar-refractivity contribution in [1.82, 2.24) is 9.97 Å². The second kappa shape index (κ2) is 4.61. The molecule has 1 aromatic heterocycles. The number of aromatic hydroxyl groups is 2.